The Morgan fingerprint density at radius 1 is 1.15 bits per heavy atom. The van der Waals surface area contributed by atoms with Crippen LogP contribution in [0.3, 0.4) is 0 Å². The third-order valence-corrected chi connectivity index (χ3v) is 4.69. The van der Waals surface area contributed by atoms with Gasteiger partial charge in [-0.1, -0.05) is 0 Å². The lowest BCUT2D eigenvalue weighted by molar-refractivity contribution is -0.130. The van der Waals surface area contributed by atoms with Gasteiger partial charge in [-0.2, -0.15) is 4.98 Å². The summed E-state index contributed by atoms with van der Waals surface area (Å²) in [5.41, 5.74) is -0.0752. The average Bonchev–Trinajstić information content (AvgIpc) is 2.68. The van der Waals surface area contributed by atoms with Crippen molar-refractivity contribution in [3.8, 4) is 0 Å². The van der Waals surface area contributed by atoms with Crippen molar-refractivity contribution in [2.75, 3.05) is 62.8 Å². The van der Waals surface area contributed by atoms with Gasteiger partial charge in [-0.25, -0.2) is 9.78 Å². The molecule has 9 heteroatoms. The maximum absolute atomic E-state index is 12.5. The number of morpholine rings is 1. The van der Waals surface area contributed by atoms with Crippen molar-refractivity contribution in [2.45, 2.75) is 19.3 Å². The van der Waals surface area contributed by atoms with Crippen LogP contribution in [-0.2, 0) is 9.53 Å². The predicted molar refractivity (Wildman–Crippen MR) is 95.7 cm³/mol. The van der Waals surface area contributed by atoms with Crippen LogP contribution in [0.2, 0.25) is 0 Å². The Labute approximate surface area is 152 Å². The minimum atomic E-state index is -1.11. The van der Waals surface area contributed by atoms with Crippen LogP contribution in [0.15, 0.2) is 6.07 Å². The lowest BCUT2D eigenvalue weighted by Crippen LogP contribution is -2.42. The number of amides is 1. The first-order valence-electron chi connectivity index (χ1n) is 8.98. The lowest BCUT2D eigenvalue weighted by atomic mass is 10.1. The average molecular weight is 363 g/mol. The summed E-state index contributed by atoms with van der Waals surface area (Å²) in [6, 6.07) is 1.41. The molecule has 0 bridgehead atoms. The number of hydrogen-bond donors (Lipinski definition) is 1. The highest BCUT2D eigenvalue weighted by atomic mass is 16.5. The molecule has 0 radical (unpaired) electrons. The predicted octanol–water partition coefficient (Wildman–Crippen LogP) is 0.460. The van der Waals surface area contributed by atoms with Gasteiger partial charge in [0.2, 0.25) is 11.9 Å². The van der Waals surface area contributed by atoms with Crippen molar-refractivity contribution in [1.29, 1.82) is 0 Å². The molecule has 3 heterocycles. The van der Waals surface area contributed by atoms with E-state index in [-0.39, 0.29) is 18.1 Å². The second kappa shape index (κ2) is 8.31. The molecule has 9 nitrogen and oxygen atoms in total. The molecule has 1 aromatic heterocycles. The molecule has 1 aromatic rings. The first-order valence-corrected chi connectivity index (χ1v) is 8.98. The van der Waals surface area contributed by atoms with Gasteiger partial charge in [0.25, 0.3) is 0 Å². The summed E-state index contributed by atoms with van der Waals surface area (Å²) in [4.78, 5) is 38.0. The van der Waals surface area contributed by atoms with Gasteiger partial charge in [0.15, 0.2) is 5.69 Å². The number of carbonyl (C=O) groups is 2. The highest BCUT2D eigenvalue weighted by molar-refractivity contribution is 5.87. The number of aromatic nitrogens is 2. The zero-order chi connectivity index (χ0) is 18.5. The van der Waals surface area contributed by atoms with Gasteiger partial charge in [0.05, 0.1) is 19.8 Å². The number of likely N-dealkylation sites (tertiary alicyclic amines) is 1. The Balaban J connectivity index is 1.77. The summed E-state index contributed by atoms with van der Waals surface area (Å²) in [6.45, 7) is 4.07. The van der Waals surface area contributed by atoms with Crippen LogP contribution in [-0.4, -0.2) is 84.8 Å². The molecule has 1 N–H and O–H groups in total. The van der Waals surface area contributed by atoms with Gasteiger partial charge in [0, 0.05) is 39.3 Å². The number of carbonyl (C=O) groups excluding carboxylic acids is 1. The van der Waals surface area contributed by atoms with E-state index in [0.717, 1.165) is 32.4 Å². The maximum atomic E-state index is 12.5. The molecule has 2 aliphatic heterocycles. The number of hydrogen-bond acceptors (Lipinski definition) is 7. The number of aromatic carboxylic acids is 1. The molecule has 0 aliphatic carbocycles. The summed E-state index contributed by atoms with van der Waals surface area (Å²) in [6.07, 6.45) is 3.23. The Bertz CT molecular complexity index is 657. The molecule has 0 spiro atoms. The summed E-state index contributed by atoms with van der Waals surface area (Å²) >= 11 is 0. The van der Waals surface area contributed by atoms with Crippen molar-refractivity contribution >= 4 is 23.6 Å². The van der Waals surface area contributed by atoms with E-state index < -0.39 is 5.97 Å². The van der Waals surface area contributed by atoms with E-state index in [2.05, 4.69) is 9.97 Å². The van der Waals surface area contributed by atoms with Crippen LogP contribution in [0, 0.1) is 0 Å². The van der Waals surface area contributed by atoms with Gasteiger partial charge in [-0.05, 0) is 19.3 Å². The van der Waals surface area contributed by atoms with E-state index in [1.54, 1.807) is 11.9 Å². The number of carboxylic acids is 1. The number of nitrogens with zero attached hydrogens (tertiary/aromatic N) is 5. The quantitative estimate of drug-likeness (QED) is 0.806. The molecule has 2 saturated heterocycles. The molecular weight excluding hydrogens is 338 g/mol. The molecule has 26 heavy (non-hydrogen) atoms. The van der Waals surface area contributed by atoms with Gasteiger partial charge < -0.3 is 24.5 Å². The monoisotopic (exact) mass is 363 g/mol. The van der Waals surface area contributed by atoms with Crippen LogP contribution < -0.4 is 9.80 Å². The molecule has 142 valence electrons. The van der Waals surface area contributed by atoms with Crippen LogP contribution in [0.1, 0.15) is 29.8 Å². The van der Waals surface area contributed by atoms with Crippen molar-refractivity contribution in [1.82, 2.24) is 14.9 Å². The Hall–Kier alpha value is -2.42. The number of carboxylic acid groups (broad SMARTS) is 1. The van der Waals surface area contributed by atoms with E-state index in [9.17, 15) is 14.7 Å². The van der Waals surface area contributed by atoms with Crippen molar-refractivity contribution in [2.24, 2.45) is 0 Å². The SMILES string of the molecule is CN(CC(=O)N1CCCCC1)c1cc(C(=O)O)nc(N2CCOCC2)n1. The highest BCUT2D eigenvalue weighted by Gasteiger charge is 2.22. The topological polar surface area (TPSA) is 99.1 Å². The van der Waals surface area contributed by atoms with Crippen LogP contribution in [0.4, 0.5) is 11.8 Å². The van der Waals surface area contributed by atoms with Crippen LogP contribution in [0.5, 0.6) is 0 Å². The van der Waals surface area contributed by atoms with E-state index in [1.807, 2.05) is 9.80 Å². The molecule has 2 aliphatic rings. The molecule has 1 amide bonds. The van der Waals surface area contributed by atoms with Gasteiger partial charge in [-0.3, -0.25) is 4.79 Å². The first kappa shape index (κ1) is 18.4. The van der Waals surface area contributed by atoms with E-state index in [0.29, 0.717) is 38.1 Å². The summed E-state index contributed by atoms with van der Waals surface area (Å²) in [7, 11) is 1.75. The molecule has 0 atom stereocenters. The fraction of sp³-hybridized carbons (Fsp3) is 0.647. The molecule has 2 fully saturated rings. The van der Waals surface area contributed by atoms with E-state index in [4.69, 9.17) is 4.74 Å². The second-order valence-electron chi connectivity index (χ2n) is 6.61. The smallest absolute Gasteiger partial charge is 0.354 e. The Morgan fingerprint density at radius 2 is 1.85 bits per heavy atom. The van der Waals surface area contributed by atoms with Crippen molar-refractivity contribution in [3.63, 3.8) is 0 Å². The van der Waals surface area contributed by atoms with Crippen LogP contribution in [0.25, 0.3) is 0 Å². The van der Waals surface area contributed by atoms with Crippen LogP contribution >= 0.6 is 0 Å². The normalized spacial score (nSPS) is 17.9. The highest BCUT2D eigenvalue weighted by Crippen LogP contribution is 2.18. The van der Waals surface area contributed by atoms with Crippen molar-refractivity contribution < 1.29 is 19.4 Å². The fourth-order valence-electron chi connectivity index (χ4n) is 3.16. The molecule has 3 rings (SSSR count). The van der Waals surface area contributed by atoms with E-state index >= 15 is 0 Å². The van der Waals surface area contributed by atoms with Crippen molar-refractivity contribution in [3.05, 3.63) is 11.8 Å². The summed E-state index contributed by atoms with van der Waals surface area (Å²) < 4.78 is 5.32. The second-order valence-corrected chi connectivity index (χ2v) is 6.61. The van der Waals surface area contributed by atoms with Gasteiger partial charge in [0.1, 0.15) is 5.82 Å². The number of piperidine rings is 1. The maximum Gasteiger partial charge on any atom is 0.354 e. The Kier molecular flexibility index (Phi) is 5.87. The fourth-order valence-corrected chi connectivity index (χ4v) is 3.16. The summed E-state index contributed by atoms with van der Waals surface area (Å²) in [5.74, 6) is -0.278. The summed E-state index contributed by atoms with van der Waals surface area (Å²) in [5, 5.41) is 9.37. The van der Waals surface area contributed by atoms with E-state index in [1.165, 1.54) is 6.07 Å². The standard InChI is InChI=1S/C17H25N5O4/c1-20(12-15(23)21-5-3-2-4-6-21)14-11-13(16(24)25)18-17(19-14)22-7-9-26-10-8-22/h11H,2-10,12H2,1H3,(H,24,25). The number of likely N-dealkylation sites (N-methyl/N-ethyl adjacent to an activating group) is 1. The zero-order valence-corrected chi connectivity index (χ0v) is 15.1. The third-order valence-electron chi connectivity index (χ3n) is 4.69. The largest absolute Gasteiger partial charge is 0.477 e. The van der Waals surface area contributed by atoms with Gasteiger partial charge >= 0.3 is 5.97 Å². The number of rotatable bonds is 5. The minimum absolute atomic E-state index is 0.0376. The third kappa shape index (κ3) is 4.40. The Morgan fingerprint density at radius 3 is 2.50 bits per heavy atom. The molecule has 0 saturated carbocycles. The number of anilines is 2. The zero-order valence-electron chi connectivity index (χ0n) is 15.1. The molecule has 0 aromatic carbocycles. The molecular formula is C17H25N5O4. The van der Waals surface area contributed by atoms with Gasteiger partial charge in [-0.15, -0.1) is 0 Å². The number of ether oxygens (including phenoxy) is 1. The minimum Gasteiger partial charge on any atom is -0.477 e. The lowest BCUT2D eigenvalue weighted by Gasteiger charge is -2.30. The molecule has 0 unspecified atom stereocenters. The first-order chi connectivity index (χ1) is 12.5.